The van der Waals surface area contributed by atoms with Gasteiger partial charge in [-0.15, -0.1) is 0 Å². The van der Waals surface area contributed by atoms with Crippen LogP contribution in [0, 0.1) is 0 Å². The number of aryl methyl sites for hydroxylation is 1. The van der Waals surface area contributed by atoms with E-state index in [-0.39, 0.29) is 6.42 Å². The molecule has 1 unspecified atom stereocenters. The molecule has 1 aliphatic carbocycles. The summed E-state index contributed by atoms with van der Waals surface area (Å²) in [6, 6.07) is 7.60. The smallest absolute Gasteiger partial charge is 0.293 e. The van der Waals surface area contributed by atoms with E-state index in [4.69, 9.17) is 0 Å². The quantitative estimate of drug-likeness (QED) is 0.706. The van der Waals surface area contributed by atoms with Gasteiger partial charge in [-0.05, 0) is 24.0 Å². The Labute approximate surface area is 114 Å². The van der Waals surface area contributed by atoms with E-state index in [1.165, 1.54) is 0 Å². The molecule has 1 aromatic carbocycles. The van der Waals surface area contributed by atoms with Crippen LogP contribution in [0.15, 0.2) is 24.3 Å². The molecular weight excluding hydrogens is 262 g/mol. The van der Waals surface area contributed by atoms with Gasteiger partial charge in [-0.25, -0.2) is 0 Å². The molecule has 19 heavy (non-hydrogen) atoms. The molecule has 0 saturated heterocycles. The summed E-state index contributed by atoms with van der Waals surface area (Å²) in [4.78, 5) is 12.3. The van der Waals surface area contributed by atoms with Crippen LogP contribution in [0.5, 0.6) is 0 Å². The third kappa shape index (κ3) is 2.78. The summed E-state index contributed by atoms with van der Waals surface area (Å²) in [6.45, 7) is 5.97. The number of carbonyl (C=O) groups excluding carboxylic acids is 1. The van der Waals surface area contributed by atoms with Gasteiger partial charge in [0.25, 0.3) is 0 Å². The number of hydrogen-bond acceptors (Lipinski definition) is 1. The van der Waals surface area contributed by atoms with Crippen LogP contribution in [-0.2, 0) is 11.2 Å². The highest BCUT2D eigenvalue weighted by Crippen LogP contribution is 2.39. The minimum atomic E-state index is -3.17. The fourth-order valence-corrected chi connectivity index (χ4v) is 5.09. The van der Waals surface area contributed by atoms with Crippen molar-refractivity contribution in [2.24, 2.45) is 0 Å². The molecule has 0 heterocycles. The molecule has 0 bridgehead atoms. The van der Waals surface area contributed by atoms with Crippen molar-refractivity contribution in [2.75, 3.05) is 0 Å². The highest BCUT2D eigenvalue weighted by Gasteiger charge is 2.48. The molecule has 0 aliphatic heterocycles. The van der Waals surface area contributed by atoms with Crippen LogP contribution in [0.1, 0.15) is 29.5 Å². The summed E-state index contributed by atoms with van der Waals surface area (Å²) in [7, 11) is -2.04. The van der Waals surface area contributed by atoms with E-state index in [1.54, 1.807) is 0 Å². The summed E-state index contributed by atoms with van der Waals surface area (Å²) >= 11 is 0. The van der Waals surface area contributed by atoms with Gasteiger partial charge in [0.2, 0.25) is 5.78 Å². The molecule has 0 fully saturated rings. The number of halogens is 2. The summed E-state index contributed by atoms with van der Waals surface area (Å²) in [6.07, 6.45) is 0.690. The normalized spacial score (nSPS) is 23.4. The van der Waals surface area contributed by atoms with Gasteiger partial charge >= 0.3 is 5.92 Å². The summed E-state index contributed by atoms with van der Waals surface area (Å²) in [5.74, 6) is -4.03. The molecule has 1 aromatic rings. The maximum Gasteiger partial charge on any atom is 0.305 e. The molecule has 1 nitrogen and oxygen atoms in total. The van der Waals surface area contributed by atoms with Crippen molar-refractivity contribution in [1.82, 2.24) is 0 Å². The second kappa shape index (κ2) is 4.82. The summed E-state index contributed by atoms with van der Waals surface area (Å²) in [5.41, 5.74) is 1.31. The van der Waals surface area contributed by atoms with Crippen LogP contribution in [-0.4, -0.2) is 19.8 Å². The standard InChI is InChI=1S/C15H20F2OSi/c1-19(2,3)13-12-9-5-4-7-11(12)8-6-10-15(16,17)14(13)18/h4-5,7,9,13H,6,8,10H2,1-3H3. The second-order valence-electron chi connectivity index (χ2n) is 6.42. The van der Waals surface area contributed by atoms with Crippen LogP contribution < -0.4 is 0 Å². The summed E-state index contributed by atoms with van der Waals surface area (Å²) in [5, 5.41) is 0. The number of alkyl halides is 2. The van der Waals surface area contributed by atoms with Gasteiger partial charge in [0.05, 0.1) is 8.07 Å². The highest BCUT2D eigenvalue weighted by atomic mass is 28.3. The predicted octanol–water partition coefficient (Wildman–Crippen LogP) is 4.19. The number of rotatable bonds is 1. The Bertz CT molecular complexity index is 491. The molecule has 0 N–H and O–H groups in total. The molecule has 0 radical (unpaired) electrons. The van der Waals surface area contributed by atoms with Gasteiger partial charge in [0, 0.05) is 12.0 Å². The van der Waals surface area contributed by atoms with Crippen LogP contribution in [0.3, 0.4) is 0 Å². The van der Waals surface area contributed by atoms with E-state index in [2.05, 4.69) is 0 Å². The van der Waals surface area contributed by atoms with Gasteiger partial charge in [0.1, 0.15) is 0 Å². The lowest BCUT2D eigenvalue weighted by molar-refractivity contribution is -0.144. The molecular formula is C15H20F2OSi. The van der Waals surface area contributed by atoms with Crippen molar-refractivity contribution in [1.29, 1.82) is 0 Å². The van der Waals surface area contributed by atoms with E-state index < -0.39 is 25.3 Å². The lowest BCUT2D eigenvalue weighted by Gasteiger charge is -2.34. The van der Waals surface area contributed by atoms with E-state index in [0.717, 1.165) is 11.1 Å². The largest absolute Gasteiger partial charge is 0.305 e. The molecule has 2 rings (SSSR count). The zero-order chi connectivity index (χ0) is 14.3. The molecule has 4 heteroatoms. The molecule has 0 spiro atoms. The zero-order valence-corrected chi connectivity index (χ0v) is 12.7. The van der Waals surface area contributed by atoms with Crippen molar-refractivity contribution < 1.29 is 13.6 Å². The van der Waals surface area contributed by atoms with E-state index in [1.807, 2.05) is 43.9 Å². The number of Topliss-reactive ketones (excluding diaryl/α,β-unsaturated/α-hetero) is 1. The lowest BCUT2D eigenvalue weighted by atomic mass is 9.90. The van der Waals surface area contributed by atoms with Gasteiger partial charge in [-0.2, -0.15) is 8.78 Å². The van der Waals surface area contributed by atoms with Crippen molar-refractivity contribution in [2.45, 2.75) is 50.4 Å². The fraction of sp³-hybridized carbons (Fsp3) is 0.533. The molecule has 0 amide bonds. The van der Waals surface area contributed by atoms with Crippen molar-refractivity contribution in [3.8, 4) is 0 Å². The molecule has 0 saturated carbocycles. The van der Waals surface area contributed by atoms with Crippen LogP contribution in [0.4, 0.5) is 8.78 Å². The Hall–Kier alpha value is -1.03. The first-order valence-electron chi connectivity index (χ1n) is 6.73. The van der Waals surface area contributed by atoms with Gasteiger partial charge in [-0.1, -0.05) is 43.9 Å². The molecule has 1 aliphatic rings. The lowest BCUT2D eigenvalue weighted by Crippen LogP contribution is -2.45. The van der Waals surface area contributed by atoms with Gasteiger partial charge < -0.3 is 0 Å². The minimum absolute atomic E-state index is 0.318. The first kappa shape index (κ1) is 14.4. The number of benzene rings is 1. The first-order chi connectivity index (χ1) is 8.73. The maximum absolute atomic E-state index is 14.0. The Morgan fingerprint density at radius 1 is 1.21 bits per heavy atom. The average Bonchev–Trinajstić information content (AvgIpc) is 2.28. The molecule has 104 valence electrons. The van der Waals surface area contributed by atoms with Gasteiger partial charge in [-0.3, -0.25) is 4.79 Å². The van der Waals surface area contributed by atoms with E-state index in [9.17, 15) is 13.6 Å². The number of carbonyl (C=O) groups is 1. The van der Waals surface area contributed by atoms with E-state index >= 15 is 0 Å². The first-order valence-corrected chi connectivity index (χ1v) is 10.3. The van der Waals surface area contributed by atoms with Crippen LogP contribution in [0.25, 0.3) is 0 Å². The van der Waals surface area contributed by atoms with Crippen molar-refractivity contribution in [3.05, 3.63) is 35.4 Å². The highest BCUT2D eigenvalue weighted by molar-refractivity contribution is 6.80. The molecule has 1 atom stereocenters. The monoisotopic (exact) mass is 282 g/mol. The average molecular weight is 282 g/mol. The van der Waals surface area contributed by atoms with E-state index in [0.29, 0.717) is 12.8 Å². The number of fused-ring (bicyclic) bond motifs is 1. The molecule has 0 aromatic heterocycles. The zero-order valence-electron chi connectivity index (χ0n) is 11.7. The number of ketones is 1. The Morgan fingerprint density at radius 2 is 1.84 bits per heavy atom. The SMILES string of the molecule is C[Si](C)(C)C1C(=O)C(F)(F)CCCc2ccccc21. The van der Waals surface area contributed by atoms with Crippen LogP contribution >= 0.6 is 0 Å². The maximum atomic E-state index is 14.0. The van der Waals surface area contributed by atoms with Crippen LogP contribution in [0.2, 0.25) is 19.6 Å². The van der Waals surface area contributed by atoms with Gasteiger partial charge in [0.15, 0.2) is 0 Å². The number of hydrogen-bond donors (Lipinski definition) is 0. The second-order valence-corrected chi connectivity index (χ2v) is 11.7. The minimum Gasteiger partial charge on any atom is -0.293 e. The van der Waals surface area contributed by atoms with Crippen molar-refractivity contribution >= 4 is 13.9 Å². The Morgan fingerprint density at radius 3 is 2.47 bits per heavy atom. The topological polar surface area (TPSA) is 17.1 Å². The Kier molecular flexibility index (Phi) is 3.64. The summed E-state index contributed by atoms with van der Waals surface area (Å²) < 4.78 is 28.0. The van der Waals surface area contributed by atoms with Crippen molar-refractivity contribution in [3.63, 3.8) is 0 Å². The third-order valence-electron chi connectivity index (χ3n) is 3.79. The third-order valence-corrected chi connectivity index (χ3v) is 6.10. The predicted molar refractivity (Wildman–Crippen MR) is 75.4 cm³/mol. The fourth-order valence-electron chi connectivity index (χ4n) is 2.88. The Balaban J connectivity index is 2.59.